The number of carboxylic acids is 1. The number of esters is 1. The van der Waals surface area contributed by atoms with E-state index in [0.717, 1.165) is 27.8 Å². The van der Waals surface area contributed by atoms with Crippen molar-refractivity contribution >= 4 is 11.9 Å². The molecule has 0 aliphatic carbocycles. The highest BCUT2D eigenvalue weighted by molar-refractivity contribution is 5.77. The fourth-order valence-corrected chi connectivity index (χ4v) is 3.51. The molecule has 0 amide bonds. The van der Waals surface area contributed by atoms with Crippen LogP contribution >= 0.6 is 0 Å². The second-order valence-corrected chi connectivity index (χ2v) is 7.10. The highest BCUT2D eigenvalue weighted by Gasteiger charge is 2.41. The van der Waals surface area contributed by atoms with Gasteiger partial charge in [0, 0.05) is 16.7 Å². The van der Waals surface area contributed by atoms with Gasteiger partial charge in [-0.1, -0.05) is 84.4 Å². The lowest BCUT2D eigenvalue weighted by Crippen LogP contribution is -2.36. The molecule has 148 valence electrons. The Morgan fingerprint density at radius 2 is 1.38 bits per heavy atom. The molecule has 29 heavy (non-hydrogen) atoms. The molecule has 1 N–H and O–H groups in total. The van der Waals surface area contributed by atoms with Crippen LogP contribution in [0.4, 0.5) is 0 Å². The maximum atomic E-state index is 12.8. The monoisotopic (exact) mass is 388 g/mol. The molecule has 3 rings (SSSR count). The Kier molecular flexibility index (Phi) is 6.13. The van der Waals surface area contributed by atoms with Crippen LogP contribution in [0.2, 0.25) is 0 Å². The lowest BCUT2D eigenvalue weighted by atomic mass is 9.78. The summed E-state index contributed by atoms with van der Waals surface area (Å²) in [6.45, 7) is 3.98. The normalized spacial score (nSPS) is 12.8. The largest absolute Gasteiger partial charge is 0.481 e. The summed E-state index contributed by atoms with van der Waals surface area (Å²) in [5.41, 5.74) is 3.36. The Morgan fingerprint density at radius 3 is 2.00 bits per heavy atom. The van der Waals surface area contributed by atoms with E-state index in [9.17, 15) is 9.59 Å². The minimum atomic E-state index is -1.17. The molecule has 4 nitrogen and oxygen atoms in total. The summed E-state index contributed by atoms with van der Waals surface area (Å²) in [6.07, 6.45) is -0.465. The minimum absolute atomic E-state index is 0.193. The first-order chi connectivity index (χ1) is 13.9. The number of carbonyl (C=O) groups is 2. The first-order valence-corrected chi connectivity index (χ1v) is 9.56. The van der Waals surface area contributed by atoms with E-state index in [0.29, 0.717) is 0 Å². The molecule has 4 heteroatoms. The molecule has 0 saturated heterocycles. The number of hydrogen-bond donors (Lipinski definition) is 1. The maximum absolute atomic E-state index is 12.8. The number of ether oxygens (including phenoxy) is 1. The molecule has 3 aromatic carbocycles. The molecule has 0 fully saturated rings. The molecule has 0 aromatic heterocycles. The van der Waals surface area contributed by atoms with Gasteiger partial charge in [-0.05, 0) is 19.4 Å². The van der Waals surface area contributed by atoms with E-state index >= 15 is 0 Å². The SMILES string of the molecule is Cc1ccc(C(OC(=O)CCC(=O)O)(c2ccccc2)c2ccccc2C)cc1. The summed E-state index contributed by atoms with van der Waals surface area (Å²) >= 11 is 0. The number of hydrogen-bond acceptors (Lipinski definition) is 3. The van der Waals surface area contributed by atoms with Crippen LogP contribution in [0, 0.1) is 13.8 Å². The fraction of sp³-hybridized carbons (Fsp3) is 0.200. The zero-order valence-electron chi connectivity index (χ0n) is 16.6. The van der Waals surface area contributed by atoms with Gasteiger partial charge in [0.1, 0.15) is 0 Å². The molecule has 0 heterocycles. The third-order valence-corrected chi connectivity index (χ3v) is 4.97. The average molecular weight is 388 g/mol. The van der Waals surface area contributed by atoms with E-state index in [4.69, 9.17) is 9.84 Å². The lowest BCUT2D eigenvalue weighted by molar-refractivity contribution is -0.155. The predicted octanol–water partition coefficient (Wildman–Crippen LogP) is 5.00. The summed E-state index contributed by atoms with van der Waals surface area (Å²) in [6, 6.07) is 25.2. The molecule has 3 aromatic rings. The summed E-state index contributed by atoms with van der Waals surface area (Å²) in [4.78, 5) is 23.7. The van der Waals surface area contributed by atoms with Gasteiger partial charge in [-0.25, -0.2) is 0 Å². The van der Waals surface area contributed by atoms with Crippen molar-refractivity contribution in [2.24, 2.45) is 0 Å². The molecule has 1 atom stereocenters. The van der Waals surface area contributed by atoms with Crippen molar-refractivity contribution in [3.63, 3.8) is 0 Å². The second-order valence-electron chi connectivity index (χ2n) is 7.10. The number of carbonyl (C=O) groups excluding carboxylic acids is 1. The van der Waals surface area contributed by atoms with Crippen LogP contribution < -0.4 is 0 Å². The summed E-state index contributed by atoms with van der Waals surface area (Å²) in [7, 11) is 0. The van der Waals surface area contributed by atoms with Gasteiger partial charge in [0.25, 0.3) is 0 Å². The molecular weight excluding hydrogens is 364 g/mol. The van der Waals surface area contributed by atoms with Gasteiger partial charge in [-0.3, -0.25) is 9.59 Å². The molecule has 0 aliphatic rings. The van der Waals surface area contributed by atoms with Gasteiger partial charge in [0.05, 0.1) is 12.8 Å². The van der Waals surface area contributed by atoms with Crippen molar-refractivity contribution < 1.29 is 19.4 Å². The van der Waals surface area contributed by atoms with Gasteiger partial charge in [0.15, 0.2) is 5.60 Å². The van der Waals surface area contributed by atoms with E-state index < -0.39 is 17.5 Å². The standard InChI is InChI=1S/C25H24O4/c1-18-12-14-21(15-13-18)25(20-9-4-3-5-10-20,22-11-7-6-8-19(22)2)29-24(28)17-16-23(26)27/h3-15H,16-17H2,1-2H3,(H,26,27). The smallest absolute Gasteiger partial charge is 0.307 e. The van der Waals surface area contributed by atoms with Crippen molar-refractivity contribution in [1.82, 2.24) is 0 Å². The summed E-state index contributed by atoms with van der Waals surface area (Å²) in [5, 5.41) is 8.98. The van der Waals surface area contributed by atoms with Gasteiger partial charge < -0.3 is 9.84 Å². The van der Waals surface area contributed by atoms with E-state index in [2.05, 4.69) is 0 Å². The van der Waals surface area contributed by atoms with Crippen molar-refractivity contribution in [2.45, 2.75) is 32.3 Å². The number of aliphatic carboxylic acids is 1. The molecule has 0 spiro atoms. The lowest BCUT2D eigenvalue weighted by Gasteiger charge is -2.36. The first-order valence-electron chi connectivity index (χ1n) is 9.56. The van der Waals surface area contributed by atoms with Crippen LogP contribution in [0.1, 0.15) is 40.7 Å². The van der Waals surface area contributed by atoms with Crippen molar-refractivity contribution in [3.05, 3.63) is 107 Å². The second kappa shape index (κ2) is 8.74. The Bertz CT molecular complexity index is 993. The van der Waals surface area contributed by atoms with Gasteiger partial charge >= 0.3 is 11.9 Å². The molecule has 1 unspecified atom stereocenters. The molecule has 0 bridgehead atoms. The van der Waals surface area contributed by atoms with E-state index in [-0.39, 0.29) is 12.8 Å². The van der Waals surface area contributed by atoms with Crippen LogP contribution in [-0.2, 0) is 19.9 Å². The third kappa shape index (κ3) is 4.37. The Labute approximate surface area is 170 Å². The van der Waals surface area contributed by atoms with E-state index in [1.54, 1.807) is 0 Å². The van der Waals surface area contributed by atoms with Crippen molar-refractivity contribution in [2.75, 3.05) is 0 Å². The minimum Gasteiger partial charge on any atom is -0.481 e. The molecule has 0 radical (unpaired) electrons. The molecular formula is C25H24O4. The number of benzene rings is 3. The van der Waals surface area contributed by atoms with Crippen LogP contribution in [0.25, 0.3) is 0 Å². The van der Waals surface area contributed by atoms with Crippen LogP contribution in [-0.4, -0.2) is 17.0 Å². The first kappa shape index (κ1) is 20.3. The highest BCUT2D eigenvalue weighted by Crippen LogP contribution is 2.42. The van der Waals surface area contributed by atoms with Gasteiger partial charge in [0.2, 0.25) is 0 Å². The van der Waals surface area contributed by atoms with Gasteiger partial charge in [-0.15, -0.1) is 0 Å². The number of rotatable bonds is 7. The zero-order chi connectivity index (χ0) is 20.9. The number of carboxylic acid groups (broad SMARTS) is 1. The Hall–Kier alpha value is -3.40. The number of aryl methyl sites for hydroxylation is 2. The highest BCUT2D eigenvalue weighted by atomic mass is 16.6. The van der Waals surface area contributed by atoms with Crippen LogP contribution in [0.15, 0.2) is 78.9 Å². The van der Waals surface area contributed by atoms with E-state index in [1.807, 2.05) is 92.7 Å². The molecule has 0 saturated carbocycles. The summed E-state index contributed by atoms with van der Waals surface area (Å²) in [5.74, 6) is -1.58. The van der Waals surface area contributed by atoms with Crippen LogP contribution in [0.3, 0.4) is 0 Å². The fourth-order valence-electron chi connectivity index (χ4n) is 3.51. The average Bonchev–Trinajstić information content (AvgIpc) is 2.72. The van der Waals surface area contributed by atoms with Crippen molar-refractivity contribution in [3.8, 4) is 0 Å². The third-order valence-electron chi connectivity index (χ3n) is 4.97. The Balaban J connectivity index is 2.24. The summed E-state index contributed by atoms with van der Waals surface area (Å²) < 4.78 is 6.17. The Morgan fingerprint density at radius 1 is 0.793 bits per heavy atom. The molecule has 0 aliphatic heterocycles. The quantitative estimate of drug-likeness (QED) is 0.457. The van der Waals surface area contributed by atoms with Crippen LogP contribution in [0.5, 0.6) is 0 Å². The predicted molar refractivity (Wildman–Crippen MR) is 112 cm³/mol. The van der Waals surface area contributed by atoms with Gasteiger partial charge in [-0.2, -0.15) is 0 Å². The van der Waals surface area contributed by atoms with Crippen molar-refractivity contribution in [1.29, 1.82) is 0 Å². The maximum Gasteiger partial charge on any atom is 0.307 e. The van der Waals surface area contributed by atoms with E-state index in [1.165, 1.54) is 0 Å². The topological polar surface area (TPSA) is 63.6 Å². The zero-order valence-corrected chi connectivity index (χ0v) is 16.6.